The van der Waals surface area contributed by atoms with E-state index in [9.17, 15) is 5.48 Å². The van der Waals surface area contributed by atoms with Gasteiger partial charge in [0.2, 0.25) is 0 Å². The lowest BCUT2D eigenvalue weighted by Crippen LogP contribution is -1.92. The third-order valence-electron chi connectivity index (χ3n) is 7.45. The first-order valence-electron chi connectivity index (χ1n) is 16.5. The van der Waals surface area contributed by atoms with E-state index in [0.29, 0.717) is 22.3 Å². The minimum Gasteiger partial charge on any atom is -0.0616 e. The van der Waals surface area contributed by atoms with Crippen LogP contribution in [0.15, 0.2) is 145 Å². The Morgan fingerprint density at radius 1 is 0.368 bits per heavy atom. The molecule has 0 amide bonds. The molecule has 0 nitrogen and oxygen atoms in total. The average Bonchev–Trinajstić information content (AvgIpc) is 3.09. The lowest BCUT2D eigenvalue weighted by Gasteiger charge is -2.19. The van der Waals surface area contributed by atoms with E-state index in [2.05, 4.69) is 0 Å². The summed E-state index contributed by atoms with van der Waals surface area (Å²) in [5, 5.41) is 6.37. The highest BCUT2D eigenvalue weighted by Crippen LogP contribution is 2.46. The van der Waals surface area contributed by atoms with Gasteiger partial charge in [-0.3, -0.25) is 0 Å². The van der Waals surface area contributed by atoms with Crippen LogP contribution in [0.1, 0.15) is 11.0 Å². The smallest absolute Gasteiger partial charge is 0.0616 e. The minimum absolute atomic E-state index is 0.214. The molecule has 8 rings (SSSR count). The predicted molar refractivity (Wildman–Crippen MR) is 165 cm³/mol. The number of benzene rings is 8. The first kappa shape index (κ1) is 14.7. The summed E-state index contributed by atoms with van der Waals surface area (Å²) in [5.41, 5.74) is 1.93. The Morgan fingerprint density at radius 2 is 0.895 bits per heavy atom. The zero-order valence-electron chi connectivity index (χ0n) is 28.2. The van der Waals surface area contributed by atoms with Crippen molar-refractivity contribution < 1.29 is 11.0 Å². The fraction of sp³-hybridized carbons (Fsp3) is 0. The van der Waals surface area contributed by atoms with Crippen LogP contribution in [-0.4, -0.2) is 0 Å². The molecule has 0 aliphatic carbocycles. The van der Waals surface area contributed by atoms with E-state index >= 15 is 0 Å². The van der Waals surface area contributed by atoms with E-state index in [-0.39, 0.29) is 45.7 Å². The fourth-order valence-corrected chi connectivity index (χ4v) is 5.79. The van der Waals surface area contributed by atoms with E-state index < -0.39 is 24.2 Å². The first-order chi connectivity index (χ1) is 22.2. The second-order valence-electron chi connectivity index (χ2n) is 9.50. The third-order valence-corrected chi connectivity index (χ3v) is 7.45. The van der Waals surface area contributed by atoms with Crippen molar-refractivity contribution in [1.29, 1.82) is 0 Å². The van der Waals surface area contributed by atoms with Crippen LogP contribution in [0.5, 0.6) is 0 Å². The summed E-state index contributed by atoms with van der Waals surface area (Å²) in [5.74, 6) is 0. The molecule has 0 fully saturated rings. The van der Waals surface area contributed by atoms with Gasteiger partial charge >= 0.3 is 0 Å². The SMILES string of the molecule is [2H]c1c([2H])c([2H])c2c(-c3cc4ccccc4c4ccccc34)c3c([2H])c([2H])c([2H])c([2H])c3c(-c3ccc4ccccc4c3)c2c1[2H]. The molecule has 0 atom stereocenters. The van der Waals surface area contributed by atoms with Crippen molar-refractivity contribution in [3.05, 3.63) is 145 Å². The zero-order valence-corrected chi connectivity index (χ0v) is 20.2. The van der Waals surface area contributed by atoms with Crippen molar-refractivity contribution in [1.82, 2.24) is 0 Å². The number of hydrogen-bond donors (Lipinski definition) is 0. The molecular weight excluding hydrogens is 456 g/mol. The lowest BCUT2D eigenvalue weighted by atomic mass is 9.83. The fourth-order valence-electron chi connectivity index (χ4n) is 5.79. The zero-order chi connectivity index (χ0) is 32.0. The van der Waals surface area contributed by atoms with Gasteiger partial charge in [0.15, 0.2) is 0 Å². The summed E-state index contributed by atoms with van der Waals surface area (Å²) in [6.07, 6.45) is 0. The normalized spacial score (nSPS) is 14.6. The van der Waals surface area contributed by atoms with Crippen molar-refractivity contribution >= 4 is 53.9 Å². The van der Waals surface area contributed by atoms with Crippen LogP contribution in [0.2, 0.25) is 0 Å². The summed E-state index contributed by atoms with van der Waals surface area (Å²) < 4.78 is 72.0. The van der Waals surface area contributed by atoms with E-state index in [1.807, 2.05) is 97.1 Å². The largest absolute Gasteiger partial charge is 0.0629 e. The van der Waals surface area contributed by atoms with Gasteiger partial charge in [-0.2, -0.15) is 0 Å². The van der Waals surface area contributed by atoms with Gasteiger partial charge in [-0.1, -0.05) is 133 Å². The second kappa shape index (κ2) is 8.30. The molecule has 0 heterocycles. The standard InChI is InChI=1S/C38H24/c1-2-12-26-23-28(22-21-25(26)11-1)37-32-17-7-9-19-34(32)38(35-20-10-8-18-33(35)37)36-24-27-13-3-4-14-29(27)30-15-5-6-16-31(30)36/h1-24H/i7D,8D,9D,10D,17D,18D,19D,20D. The molecule has 0 saturated carbocycles. The maximum atomic E-state index is 9.29. The van der Waals surface area contributed by atoms with Gasteiger partial charge in [0, 0.05) is 0 Å². The van der Waals surface area contributed by atoms with Gasteiger partial charge in [0.05, 0.1) is 11.0 Å². The Labute approximate surface area is 232 Å². The highest BCUT2D eigenvalue weighted by molar-refractivity contribution is 6.25. The van der Waals surface area contributed by atoms with Crippen molar-refractivity contribution in [2.45, 2.75) is 0 Å². The van der Waals surface area contributed by atoms with Gasteiger partial charge in [0.1, 0.15) is 0 Å². The van der Waals surface area contributed by atoms with E-state index in [0.717, 1.165) is 32.3 Å². The quantitative estimate of drug-likeness (QED) is 0.168. The monoisotopic (exact) mass is 488 g/mol. The summed E-state index contributed by atoms with van der Waals surface area (Å²) in [7, 11) is 0. The summed E-state index contributed by atoms with van der Waals surface area (Å²) >= 11 is 0. The lowest BCUT2D eigenvalue weighted by molar-refractivity contribution is 1.69. The molecule has 0 unspecified atom stereocenters. The van der Waals surface area contributed by atoms with Crippen LogP contribution in [0.4, 0.5) is 0 Å². The molecule has 0 N–H and O–H groups in total. The predicted octanol–water partition coefficient (Wildman–Crippen LogP) is 10.8. The molecule has 0 radical (unpaired) electrons. The Kier molecular flexibility index (Phi) is 3.21. The molecule has 0 bridgehead atoms. The number of rotatable bonds is 2. The van der Waals surface area contributed by atoms with Crippen LogP contribution in [-0.2, 0) is 0 Å². The third kappa shape index (κ3) is 3.11. The van der Waals surface area contributed by atoms with Crippen molar-refractivity contribution in [2.75, 3.05) is 0 Å². The highest BCUT2D eigenvalue weighted by Gasteiger charge is 2.18. The Morgan fingerprint density at radius 3 is 1.58 bits per heavy atom. The maximum Gasteiger partial charge on any atom is 0.0629 e. The molecule has 8 aromatic rings. The molecule has 0 aliphatic rings. The molecule has 0 heteroatoms. The molecule has 0 saturated heterocycles. The van der Waals surface area contributed by atoms with Gasteiger partial charge < -0.3 is 0 Å². The van der Waals surface area contributed by atoms with Crippen molar-refractivity contribution in [3.63, 3.8) is 0 Å². The number of hydrogen-bond acceptors (Lipinski definition) is 0. The van der Waals surface area contributed by atoms with E-state index in [1.54, 1.807) is 0 Å². The molecule has 0 aromatic heterocycles. The van der Waals surface area contributed by atoms with Crippen molar-refractivity contribution in [2.24, 2.45) is 0 Å². The van der Waals surface area contributed by atoms with E-state index in [4.69, 9.17) is 5.48 Å². The maximum absolute atomic E-state index is 9.29. The summed E-state index contributed by atoms with van der Waals surface area (Å²) in [6, 6.07) is 28.4. The van der Waals surface area contributed by atoms with Gasteiger partial charge in [-0.25, -0.2) is 0 Å². The Bertz CT molecular complexity index is 2540. The van der Waals surface area contributed by atoms with Crippen molar-refractivity contribution in [3.8, 4) is 22.3 Å². The van der Waals surface area contributed by atoms with Gasteiger partial charge in [-0.05, 0) is 88.2 Å². The Hall–Kier alpha value is -4.94. The first-order valence-corrected chi connectivity index (χ1v) is 12.5. The molecule has 0 spiro atoms. The number of fused-ring (bicyclic) bond motifs is 6. The van der Waals surface area contributed by atoms with Gasteiger partial charge in [-0.15, -0.1) is 0 Å². The molecule has 0 aliphatic heterocycles. The topological polar surface area (TPSA) is 0 Å². The van der Waals surface area contributed by atoms with E-state index in [1.165, 1.54) is 0 Å². The van der Waals surface area contributed by atoms with Crippen LogP contribution in [0.25, 0.3) is 76.1 Å². The molecule has 38 heavy (non-hydrogen) atoms. The highest BCUT2D eigenvalue weighted by atomic mass is 14.2. The summed E-state index contributed by atoms with van der Waals surface area (Å²) in [6.45, 7) is 0. The summed E-state index contributed by atoms with van der Waals surface area (Å²) in [4.78, 5) is 0. The van der Waals surface area contributed by atoms with Crippen LogP contribution in [0, 0.1) is 0 Å². The van der Waals surface area contributed by atoms with Crippen LogP contribution < -0.4 is 0 Å². The molecule has 176 valence electrons. The van der Waals surface area contributed by atoms with Crippen LogP contribution >= 0.6 is 0 Å². The second-order valence-corrected chi connectivity index (χ2v) is 9.50. The average molecular weight is 489 g/mol. The minimum atomic E-state index is -0.409. The van der Waals surface area contributed by atoms with Crippen LogP contribution in [0.3, 0.4) is 0 Å². The molecule has 8 aromatic carbocycles. The van der Waals surface area contributed by atoms with Gasteiger partial charge in [0.25, 0.3) is 0 Å². The molecular formula is C38H24. The Balaban J connectivity index is 1.72.